The van der Waals surface area contributed by atoms with Gasteiger partial charge in [-0.05, 0) is 47.8 Å². The molecule has 1 heteroatoms. The second-order valence-corrected chi connectivity index (χ2v) is 7.17. The average Bonchev–Trinajstić information content (AvgIpc) is 2.47. The van der Waals surface area contributed by atoms with E-state index in [1.54, 1.807) is 0 Å². The van der Waals surface area contributed by atoms with Crippen LogP contribution in [-0.4, -0.2) is 5.11 Å². The standard InChI is InChI=1S/C20H24O/c1-19(2)13-6-14-20(21,15-19)18-11-9-17(10-12-18)16-7-4-3-5-8-16/h3-5,7-12,21H,6,13-15H2,1-2H3. The third kappa shape index (κ3) is 3.03. The van der Waals surface area contributed by atoms with Gasteiger partial charge in [0, 0.05) is 0 Å². The highest BCUT2D eigenvalue weighted by Gasteiger charge is 2.39. The molecule has 1 aliphatic carbocycles. The molecule has 3 rings (SSSR count). The normalized spacial score (nSPS) is 24.7. The number of benzene rings is 2. The topological polar surface area (TPSA) is 20.2 Å². The van der Waals surface area contributed by atoms with Crippen LogP contribution in [0, 0.1) is 5.41 Å². The Bertz CT molecular complexity index is 597. The lowest BCUT2D eigenvalue weighted by molar-refractivity contribution is -0.0440. The van der Waals surface area contributed by atoms with Crippen molar-refractivity contribution in [1.82, 2.24) is 0 Å². The Balaban J connectivity index is 1.87. The van der Waals surface area contributed by atoms with Crippen molar-refractivity contribution in [2.45, 2.75) is 45.1 Å². The smallest absolute Gasteiger partial charge is 0.0901 e. The lowest BCUT2D eigenvalue weighted by atomic mass is 9.67. The number of hydrogen-bond acceptors (Lipinski definition) is 1. The summed E-state index contributed by atoms with van der Waals surface area (Å²) >= 11 is 0. The minimum absolute atomic E-state index is 0.227. The third-order valence-electron chi connectivity index (χ3n) is 4.74. The van der Waals surface area contributed by atoms with Gasteiger partial charge >= 0.3 is 0 Å². The van der Waals surface area contributed by atoms with Gasteiger partial charge in [0.25, 0.3) is 0 Å². The van der Waals surface area contributed by atoms with Crippen molar-refractivity contribution in [2.24, 2.45) is 5.41 Å². The Kier molecular flexibility index (Phi) is 3.62. The summed E-state index contributed by atoms with van der Waals surface area (Å²) in [4.78, 5) is 0. The monoisotopic (exact) mass is 280 g/mol. The molecule has 0 heterocycles. The summed E-state index contributed by atoms with van der Waals surface area (Å²) in [6, 6.07) is 18.8. The zero-order chi connectivity index (χ0) is 14.9. The van der Waals surface area contributed by atoms with E-state index in [1.165, 1.54) is 17.5 Å². The summed E-state index contributed by atoms with van der Waals surface area (Å²) in [5.41, 5.74) is 3.07. The van der Waals surface area contributed by atoms with Crippen molar-refractivity contribution in [3.63, 3.8) is 0 Å². The van der Waals surface area contributed by atoms with Crippen LogP contribution in [0.5, 0.6) is 0 Å². The Morgan fingerprint density at radius 1 is 0.810 bits per heavy atom. The Morgan fingerprint density at radius 3 is 2.05 bits per heavy atom. The van der Waals surface area contributed by atoms with E-state index in [1.807, 2.05) is 6.07 Å². The van der Waals surface area contributed by atoms with Gasteiger partial charge in [0.1, 0.15) is 0 Å². The minimum atomic E-state index is -0.656. The molecule has 1 aliphatic rings. The van der Waals surface area contributed by atoms with Crippen molar-refractivity contribution < 1.29 is 5.11 Å². The molecular weight excluding hydrogens is 256 g/mol. The Morgan fingerprint density at radius 2 is 1.43 bits per heavy atom. The average molecular weight is 280 g/mol. The molecule has 2 aromatic carbocycles. The lowest BCUT2D eigenvalue weighted by Gasteiger charge is -2.42. The van der Waals surface area contributed by atoms with Crippen molar-refractivity contribution in [3.8, 4) is 11.1 Å². The molecular formula is C20H24O. The summed E-state index contributed by atoms with van der Waals surface area (Å²) < 4.78 is 0. The van der Waals surface area contributed by atoms with Crippen LogP contribution in [0.25, 0.3) is 11.1 Å². The molecule has 1 fully saturated rings. The first kappa shape index (κ1) is 14.3. The summed E-state index contributed by atoms with van der Waals surface area (Å²) in [5, 5.41) is 11.0. The van der Waals surface area contributed by atoms with Gasteiger partial charge in [0.2, 0.25) is 0 Å². The fraction of sp³-hybridized carbons (Fsp3) is 0.400. The molecule has 0 spiro atoms. The zero-order valence-corrected chi connectivity index (χ0v) is 13.0. The van der Waals surface area contributed by atoms with Gasteiger partial charge in [-0.2, -0.15) is 0 Å². The van der Waals surface area contributed by atoms with Gasteiger partial charge in [-0.3, -0.25) is 0 Å². The fourth-order valence-corrected chi connectivity index (χ4v) is 3.68. The van der Waals surface area contributed by atoms with Gasteiger partial charge in [-0.15, -0.1) is 0 Å². The Hall–Kier alpha value is -1.60. The molecule has 1 unspecified atom stereocenters. The maximum absolute atomic E-state index is 11.0. The van der Waals surface area contributed by atoms with E-state index in [-0.39, 0.29) is 5.41 Å². The first-order chi connectivity index (χ1) is 9.99. The summed E-state index contributed by atoms with van der Waals surface area (Å²) in [5.74, 6) is 0. The van der Waals surface area contributed by atoms with Crippen molar-refractivity contribution in [1.29, 1.82) is 0 Å². The first-order valence-corrected chi connectivity index (χ1v) is 7.87. The van der Waals surface area contributed by atoms with Crippen molar-refractivity contribution in [3.05, 3.63) is 60.2 Å². The fourth-order valence-electron chi connectivity index (χ4n) is 3.68. The highest BCUT2D eigenvalue weighted by molar-refractivity contribution is 5.63. The molecule has 1 saturated carbocycles. The van der Waals surface area contributed by atoms with E-state index in [4.69, 9.17) is 0 Å². The molecule has 1 N–H and O–H groups in total. The van der Waals surface area contributed by atoms with Crippen LogP contribution in [0.2, 0.25) is 0 Å². The molecule has 0 saturated heterocycles. The summed E-state index contributed by atoms with van der Waals surface area (Å²) in [6.45, 7) is 4.52. The van der Waals surface area contributed by atoms with Crippen LogP contribution in [0.15, 0.2) is 54.6 Å². The van der Waals surface area contributed by atoms with E-state index >= 15 is 0 Å². The van der Waals surface area contributed by atoms with Crippen LogP contribution in [-0.2, 0) is 5.60 Å². The number of hydrogen-bond donors (Lipinski definition) is 1. The lowest BCUT2D eigenvalue weighted by Crippen LogP contribution is -2.36. The maximum atomic E-state index is 11.0. The maximum Gasteiger partial charge on any atom is 0.0901 e. The van der Waals surface area contributed by atoms with Gasteiger partial charge in [0.15, 0.2) is 0 Å². The molecule has 21 heavy (non-hydrogen) atoms. The van der Waals surface area contributed by atoms with Crippen molar-refractivity contribution >= 4 is 0 Å². The second-order valence-electron chi connectivity index (χ2n) is 7.17. The Labute approximate surface area is 127 Å². The molecule has 1 atom stereocenters. The van der Waals surface area contributed by atoms with E-state index in [9.17, 15) is 5.11 Å². The SMILES string of the molecule is CC1(C)CCCC(O)(c2ccc(-c3ccccc3)cc2)C1. The largest absolute Gasteiger partial charge is 0.385 e. The van der Waals surface area contributed by atoms with Crippen LogP contribution in [0.3, 0.4) is 0 Å². The van der Waals surface area contributed by atoms with Gasteiger partial charge in [-0.1, -0.05) is 68.4 Å². The molecule has 0 radical (unpaired) electrons. The molecule has 0 aliphatic heterocycles. The van der Waals surface area contributed by atoms with Gasteiger partial charge in [-0.25, -0.2) is 0 Å². The predicted octanol–water partition coefficient (Wildman–Crippen LogP) is 5.14. The van der Waals surface area contributed by atoms with Crippen LogP contribution >= 0.6 is 0 Å². The van der Waals surface area contributed by atoms with Gasteiger partial charge in [0.05, 0.1) is 5.60 Å². The number of aliphatic hydroxyl groups is 1. The van der Waals surface area contributed by atoms with Crippen molar-refractivity contribution in [2.75, 3.05) is 0 Å². The van der Waals surface area contributed by atoms with Gasteiger partial charge < -0.3 is 5.11 Å². The molecule has 2 aromatic rings. The minimum Gasteiger partial charge on any atom is -0.385 e. The molecule has 1 nitrogen and oxygen atoms in total. The molecule has 110 valence electrons. The predicted molar refractivity (Wildman–Crippen MR) is 88.0 cm³/mol. The molecule has 0 amide bonds. The van der Waals surface area contributed by atoms with E-state index < -0.39 is 5.60 Å². The zero-order valence-electron chi connectivity index (χ0n) is 13.0. The number of rotatable bonds is 2. The summed E-state index contributed by atoms with van der Waals surface area (Å²) in [6.07, 6.45) is 4.03. The highest BCUT2D eigenvalue weighted by Crippen LogP contribution is 2.46. The summed E-state index contributed by atoms with van der Waals surface area (Å²) in [7, 11) is 0. The second kappa shape index (κ2) is 5.31. The van der Waals surface area contributed by atoms with E-state index in [0.717, 1.165) is 24.8 Å². The van der Waals surface area contributed by atoms with Crippen LogP contribution < -0.4 is 0 Å². The molecule has 0 aromatic heterocycles. The quantitative estimate of drug-likeness (QED) is 0.807. The van der Waals surface area contributed by atoms with E-state index in [0.29, 0.717) is 0 Å². The highest BCUT2D eigenvalue weighted by atomic mass is 16.3. The third-order valence-corrected chi connectivity index (χ3v) is 4.74. The first-order valence-electron chi connectivity index (χ1n) is 7.87. The van der Waals surface area contributed by atoms with Crippen LogP contribution in [0.4, 0.5) is 0 Å². The molecule has 0 bridgehead atoms. The van der Waals surface area contributed by atoms with E-state index in [2.05, 4.69) is 62.4 Å². The van der Waals surface area contributed by atoms with Crippen LogP contribution in [0.1, 0.15) is 45.1 Å².